The Morgan fingerprint density at radius 3 is 2.61 bits per heavy atom. The van der Waals surface area contributed by atoms with Gasteiger partial charge in [0.05, 0.1) is 6.10 Å². The smallest absolute Gasteiger partial charge is 0.267 e. The first-order chi connectivity index (χ1) is 11.1. The van der Waals surface area contributed by atoms with E-state index in [9.17, 15) is 4.79 Å². The van der Waals surface area contributed by atoms with Gasteiger partial charge in [0.1, 0.15) is 12.0 Å². The Balaban J connectivity index is 0.000000273. The van der Waals surface area contributed by atoms with Gasteiger partial charge in [-0.15, -0.1) is 0 Å². The summed E-state index contributed by atoms with van der Waals surface area (Å²) in [5.74, 6) is -0.178. The number of rotatable bonds is 3. The first-order valence-electron chi connectivity index (χ1n) is 7.76. The summed E-state index contributed by atoms with van der Waals surface area (Å²) < 4.78 is 6.80. The monoisotopic (exact) mass is 319 g/mol. The fourth-order valence-electron chi connectivity index (χ4n) is 2.47. The highest BCUT2D eigenvalue weighted by molar-refractivity contribution is 5.90. The minimum absolute atomic E-state index is 0. The van der Waals surface area contributed by atoms with Crippen LogP contribution in [0.15, 0.2) is 24.8 Å². The van der Waals surface area contributed by atoms with E-state index in [1.165, 1.54) is 32.1 Å². The van der Waals surface area contributed by atoms with Crippen molar-refractivity contribution >= 4 is 5.91 Å². The summed E-state index contributed by atoms with van der Waals surface area (Å²) >= 11 is 0. The fraction of sp³-hybridized carbons (Fsp3) is 0.500. The highest BCUT2D eigenvalue weighted by Crippen LogP contribution is 2.19. The lowest BCUT2D eigenvalue weighted by atomic mass is 9.98. The number of carbonyl (C=O) groups excluding carboxylic acids is 1. The Hall–Kier alpha value is -2.28. The molecule has 126 valence electrons. The van der Waals surface area contributed by atoms with Crippen molar-refractivity contribution < 1.29 is 11.0 Å². The summed E-state index contributed by atoms with van der Waals surface area (Å²) in [6.07, 6.45) is 12.2. The zero-order valence-corrected chi connectivity index (χ0v) is 13.6. The van der Waals surface area contributed by atoms with Gasteiger partial charge in [-0.05, 0) is 25.8 Å². The number of hydrogen-bond acceptors (Lipinski definition) is 5. The third kappa shape index (κ3) is 5.14. The van der Waals surface area contributed by atoms with Crippen LogP contribution in [0, 0.1) is 6.92 Å². The predicted octanol–water partition coefficient (Wildman–Crippen LogP) is 2.28. The quantitative estimate of drug-likeness (QED) is 0.936. The minimum Gasteiger partial charge on any atom is -0.381 e. The lowest BCUT2D eigenvalue weighted by Gasteiger charge is -2.19. The van der Waals surface area contributed by atoms with Crippen molar-refractivity contribution in [1.29, 1.82) is 0 Å². The third-order valence-corrected chi connectivity index (χ3v) is 3.72. The summed E-state index contributed by atoms with van der Waals surface area (Å²) in [7, 11) is 1.82. The topological polar surface area (TPSA) is 95.9 Å². The van der Waals surface area contributed by atoms with Crippen LogP contribution in [0.3, 0.4) is 0 Å². The number of hydrogen-bond donors (Lipinski definition) is 1. The van der Waals surface area contributed by atoms with Crippen LogP contribution in [0.1, 0.15) is 49.7 Å². The Labute approximate surface area is 137 Å². The number of ether oxygens (including phenoxy) is 1. The minimum atomic E-state index is -0.568. The molecule has 0 unspecified atom stereocenters. The molecule has 1 aliphatic rings. The average Bonchev–Trinajstić information content (AvgIpc) is 3.10. The van der Waals surface area contributed by atoms with Crippen molar-refractivity contribution in [1.82, 2.24) is 19.5 Å². The van der Waals surface area contributed by atoms with Crippen LogP contribution < -0.4 is 5.73 Å². The standard InChI is InChI=1S/C9H9N5O.C7H14O.H2/c1-6-4-7(8(10)15)13-9(12-6)14-3-2-11-5-14;1-8-7-5-3-2-4-6-7;/h2-5H,1H3,(H2,10,15);7H,2-6H2,1H3;1H. The van der Waals surface area contributed by atoms with Gasteiger partial charge in [-0.2, -0.15) is 0 Å². The maximum absolute atomic E-state index is 11.0. The van der Waals surface area contributed by atoms with Gasteiger partial charge in [-0.3, -0.25) is 9.36 Å². The zero-order chi connectivity index (χ0) is 16.7. The van der Waals surface area contributed by atoms with Crippen molar-refractivity contribution in [3.8, 4) is 5.95 Å². The molecule has 0 saturated heterocycles. The Kier molecular flexibility index (Phi) is 6.22. The normalized spacial score (nSPS) is 14.9. The molecule has 2 aromatic heterocycles. The van der Waals surface area contributed by atoms with E-state index in [1.807, 2.05) is 7.11 Å². The summed E-state index contributed by atoms with van der Waals surface area (Å²) in [6.45, 7) is 1.77. The number of nitrogens with zero attached hydrogens (tertiary/aromatic N) is 4. The number of carbonyl (C=O) groups is 1. The lowest BCUT2D eigenvalue weighted by Crippen LogP contribution is -2.15. The number of aryl methyl sites for hydroxylation is 1. The van der Waals surface area contributed by atoms with Crippen molar-refractivity contribution in [2.45, 2.75) is 45.1 Å². The van der Waals surface area contributed by atoms with E-state index >= 15 is 0 Å². The van der Waals surface area contributed by atoms with Crippen LogP contribution in [0.25, 0.3) is 5.95 Å². The van der Waals surface area contributed by atoms with E-state index in [0.717, 1.165) is 0 Å². The molecule has 23 heavy (non-hydrogen) atoms. The second-order valence-corrected chi connectivity index (χ2v) is 5.52. The summed E-state index contributed by atoms with van der Waals surface area (Å²) in [5, 5.41) is 0. The molecule has 1 fully saturated rings. The van der Waals surface area contributed by atoms with E-state index in [0.29, 0.717) is 17.7 Å². The lowest BCUT2D eigenvalue weighted by molar-refractivity contribution is 0.0710. The van der Waals surface area contributed by atoms with E-state index in [1.54, 1.807) is 36.3 Å². The molecule has 0 bridgehead atoms. The molecule has 1 aliphatic carbocycles. The SMILES string of the molecule is COC1CCCCC1.Cc1cc(C(N)=O)nc(-n2ccnc2)n1.[HH]. The second-order valence-electron chi connectivity index (χ2n) is 5.52. The summed E-state index contributed by atoms with van der Waals surface area (Å²) in [6, 6.07) is 1.54. The van der Waals surface area contributed by atoms with Gasteiger partial charge >= 0.3 is 0 Å². The van der Waals surface area contributed by atoms with Crippen LogP contribution in [-0.2, 0) is 4.74 Å². The molecule has 0 aromatic carbocycles. The van der Waals surface area contributed by atoms with Gasteiger partial charge in [-0.1, -0.05) is 19.3 Å². The number of primary amides is 1. The molecule has 3 rings (SSSR count). The van der Waals surface area contributed by atoms with Crippen molar-refractivity contribution in [2.24, 2.45) is 5.73 Å². The Morgan fingerprint density at radius 2 is 2.09 bits per heavy atom. The highest BCUT2D eigenvalue weighted by Gasteiger charge is 2.10. The predicted molar refractivity (Wildman–Crippen MR) is 88.4 cm³/mol. The van der Waals surface area contributed by atoms with Gasteiger partial charge < -0.3 is 10.5 Å². The maximum Gasteiger partial charge on any atom is 0.267 e. The molecule has 0 aliphatic heterocycles. The molecule has 7 heteroatoms. The number of imidazole rings is 1. The number of amides is 1. The van der Waals surface area contributed by atoms with E-state index < -0.39 is 5.91 Å². The Morgan fingerprint density at radius 1 is 1.35 bits per heavy atom. The first-order valence-corrected chi connectivity index (χ1v) is 7.76. The third-order valence-electron chi connectivity index (χ3n) is 3.72. The van der Waals surface area contributed by atoms with Crippen molar-refractivity contribution in [3.05, 3.63) is 36.2 Å². The first kappa shape index (κ1) is 17.1. The van der Waals surface area contributed by atoms with Gasteiger partial charge in [0.15, 0.2) is 0 Å². The van der Waals surface area contributed by atoms with E-state index in [4.69, 9.17) is 10.5 Å². The number of aromatic nitrogens is 4. The van der Waals surface area contributed by atoms with Crippen molar-refractivity contribution in [3.63, 3.8) is 0 Å². The van der Waals surface area contributed by atoms with Crippen LogP contribution in [0.4, 0.5) is 0 Å². The molecule has 2 N–H and O–H groups in total. The highest BCUT2D eigenvalue weighted by atomic mass is 16.5. The van der Waals surface area contributed by atoms with Gasteiger partial charge in [0.2, 0.25) is 5.95 Å². The second kappa shape index (κ2) is 8.38. The zero-order valence-electron chi connectivity index (χ0n) is 13.6. The molecular formula is C16H25N5O2. The van der Waals surface area contributed by atoms with Gasteiger partial charge in [-0.25, -0.2) is 15.0 Å². The molecule has 0 radical (unpaired) electrons. The van der Waals surface area contributed by atoms with E-state index in [-0.39, 0.29) is 7.12 Å². The van der Waals surface area contributed by atoms with Crippen LogP contribution >= 0.6 is 0 Å². The molecule has 7 nitrogen and oxygen atoms in total. The summed E-state index contributed by atoms with van der Waals surface area (Å²) in [5.41, 5.74) is 6.03. The van der Waals surface area contributed by atoms with Crippen LogP contribution in [0.2, 0.25) is 0 Å². The largest absolute Gasteiger partial charge is 0.381 e. The number of nitrogens with two attached hydrogens (primary N) is 1. The molecule has 2 heterocycles. The molecule has 0 spiro atoms. The average molecular weight is 319 g/mol. The molecular weight excluding hydrogens is 294 g/mol. The van der Waals surface area contributed by atoms with Gasteiger partial charge in [0, 0.05) is 26.6 Å². The molecule has 1 amide bonds. The maximum atomic E-state index is 11.0. The Bertz CT molecular complexity index is 627. The van der Waals surface area contributed by atoms with Crippen molar-refractivity contribution in [2.75, 3.05) is 7.11 Å². The molecule has 0 atom stereocenters. The van der Waals surface area contributed by atoms with Crippen LogP contribution in [-0.4, -0.2) is 38.6 Å². The fourth-order valence-corrected chi connectivity index (χ4v) is 2.47. The summed E-state index contributed by atoms with van der Waals surface area (Å²) in [4.78, 5) is 23.0. The molecule has 2 aromatic rings. The number of methoxy groups -OCH3 is 1. The van der Waals surface area contributed by atoms with E-state index in [2.05, 4.69) is 15.0 Å². The molecule has 1 saturated carbocycles. The van der Waals surface area contributed by atoms with Gasteiger partial charge in [0.25, 0.3) is 5.91 Å². The van der Waals surface area contributed by atoms with Crippen LogP contribution in [0.5, 0.6) is 0 Å².